The smallest absolute Gasteiger partial charge is 0.128 e. The van der Waals surface area contributed by atoms with Crippen molar-refractivity contribution in [2.24, 2.45) is 0 Å². The van der Waals surface area contributed by atoms with Gasteiger partial charge in [-0.25, -0.2) is 9.97 Å². The van der Waals surface area contributed by atoms with Gasteiger partial charge in [0.25, 0.3) is 0 Å². The van der Waals surface area contributed by atoms with Crippen molar-refractivity contribution >= 4 is 11.6 Å². The van der Waals surface area contributed by atoms with Gasteiger partial charge in [-0.1, -0.05) is 12.1 Å². The van der Waals surface area contributed by atoms with Crippen molar-refractivity contribution < 1.29 is 18.9 Å². The molecule has 10 nitrogen and oxygen atoms in total. The number of nitrogens with zero attached hydrogens (tertiary/aromatic N) is 4. The summed E-state index contributed by atoms with van der Waals surface area (Å²) in [6, 6.07) is 19.2. The summed E-state index contributed by atoms with van der Waals surface area (Å²) in [5, 5.41) is 0. The normalized spacial score (nSPS) is 14.2. The van der Waals surface area contributed by atoms with Crippen LogP contribution in [0.4, 0.5) is 11.6 Å². The standard InChI is InChI=1S/C33H40N6O4/c1-40-28-18-24(26-8-5-10-32(34)36-26)30(42-3)16-22(28)20-38-12-7-13-39(15-14-38)21-23-17-31(43-4)25(19-29(23)41-2)27-9-6-11-33(35)37-27/h5-6,8-11,16-19H,7,12-15,20-21H2,1-4H3,(H2,34,36)(H2,35,37). The van der Waals surface area contributed by atoms with Crippen molar-refractivity contribution in [1.82, 2.24) is 19.8 Å². The summed E-state index contributed by atoms with van der Waals surface area (Å²) < 4.78 is 23.2. The molecular formula is C33H40N6O4. The molecule has 226 valence electrons. The van der Waals surface area contributed by atoms with Crippen molar-refractivity contribution in [3.63, 3.8) is 0 Å². The lowest BCUT2D eigenvalue weighted by molar-refractivity contribution is 0.242. The highest BCUT2D eigenvalue weighted by Crippen LogP contribution is 2.38. The van der Waals surface area contributed by atoms with Gasteiger partial charge in [0.05, 0.1) is 39.8 Å². The Bertz CT molecular complexity index is 1450. The summed E-state index contributed by atoms with van der Waals surface area (Å²) in [5.41, 5.74) is 17.2. The number of hydrogen-bond acceptors (Lipinski definition) is 10. The maximum Gasteiger partial charge on any atom is 0.128 e. The van der Waals surface area contributed by atoms with Crippen LogP contribution in [0.5, 0.6) is 23.0 Å². The molecule has 5 rings (SSSR count). The third-order valence-corrected chi connectivity index (χ3v) is 7.77. The zero-order valence-corrected chi connectivity index (χ0v) is 25.3. The topological polar surface area (TPSA) is 121 Å². The van der Waals surface area contributed by atoms with Crippen LogP contribution in [0.2, 0.25) is 0 Å². The first kappa shape index (κ1) is 29.9. The number of hydrogen-bond donors (Lipinski definition) is 2. The molecule has 0 saturated carbocycles. The molecule has 43 heavy (non-hydrogen) atoms. The number of ether oxygens (including phenoxy) is 4. The molecule has 2 aromatic carbocycles. The minimum absolute atomic E-state index is 0.460. The lowest BCUT2D eigenvalue weighted by Crippen LogP contribution is -2.30. The number of rotatable bonds is 10. The van der Waals surface area contributed by atoms with E-state index in [4.69, 9.17) is 30.4 Å². The van der Waals surface area contributed by atoms with Crippen molar-refractivity contribution in [1.29, 1.82) is 0 Å². The second kappa shape index (κ2) is 13.6. The largest absolute Gasteiger partial charge is 0.496 e. The third kappa shape index (κ3) is 6.93. The Morgan fingerprint density at radius 2 is 1.00 bits per heavy atom. The van der Waals surface area contributed by atoms with Crippen molar-refractivity contribution in [3.8, 4) is 45.5 Å². The van der Waals surface area contributed by atoms with Gasteiger partial charge >= 0.3 is 0 Å². The van der Waals surface area contributed by atoms with Gasteiger partial charge in [0.1, 0.15) is 34.6 Å². The van der Waals surface area contributed by atoms with Crippen molar-refractivity contribution in [2.45, 2.75) is 19.5 Å². The highest BCUT2D eigenvalue weighted by atomic mass is 16.5. The van der Waals surface area contributed by atoms with Crippen LogP contribution in [0, 0.1) is 0 Å². The zero-order valence-electron chi connectivity index (χ0n) is 25.3. The van der Waals surface area contributed by atoms with E-state index in [1.165, 1.54) is 0 Å². The molecule has 0 amide bonds. The van der Waals surface area contributed by atoms with Crippen LogP contribution in [-0.2, 0) is 13.1 Å². The number of anilines is 2. The summed E-state index contributed by atoms with van der Waals surface area (Å²) in [6.07, 6.45) is 1.04. The second-order valence-electron chi connectivity index (χ2n) is 10.5. The number of aromatic nitrogens is 2. The fraction of sp³-hybridized carbons (Fsp3) is 0.333. The van der Waals surface area contributed by atoms with E-state index in [2.05, 4.69) is 31.9 Å². The highest BCUT2D eigenvalue weighted by Gasteiger charge is 2.21. The molecular weight excluding hydrogens is 544 g/mol. The molecule has 3 heterocycles. The maximum absolute atomic E-state index is 5.94. The predicted molar refractivity (Wildman–Crippen MR) is 170 cm³/mol. The van der Waals surface area contributed by atoms with E-state index < -0.39 is 0 Å². The van der Waals surface area contributed by atoms with Gasteiger partial charge in [-0.3, -0.25) is 9.80 Å². The van der Waals surface area contributed by atoms with Crippen LogP contribution in [0.3, 0.4) is 0 Å². The predicted octanol–water partition coefficient (Wildman–Crippen LogP) is 4.72. The zero-order chi connectivity index (χ0) is 30.3. The molecule has 0 aliphatic carbocycles. The Kier molecular flexibility index (Phi) is 9.48. The van der Waals surface area contributed by atoms with Crippen molar-refractivity contribution in [2.75, 3.05) is 66.1 Å². The minimum atomic E-state index is 0.460. The molecule has 10 heteroatoms. The average molecular weight is 585 g/mol. The van der Waals surface area contributed by atoms with Crippen LogP contribution in [-0.4, -0.2) is 74.4 Å². The van der Waals surface area contributed by atoms with Gasteiger partial charge in [-0.05, 0) is 68.0 Å². The first-order chi connectivity index (χ1) is 20.9. The molecule has 0 unspecified atom stereocenters. The lowest BCUT2D eigenvalue weighted by atomic mass is 10.0. The summed E-state index contributed by atoms with van der Waals surface area (Å²) >= 11 is 0. The van der Waals surface area contributed by atoms with Gasteiger partial charge in [0.15, 0.2) is 0 Å². The molecule has 1 fully saturated rings. The van der Waals surface area contributed by atoms with Crippen LogP contribution >= 0.6 is 0 Å². The summed E-state index contributed by atoms with van der Waals surface area (Å²) in [7, 11) is 6.74. The Hall–Kier alpha value is -4.54. The summed E-state index contributed by atoms with van der Waals surface area (Å²) in [6.45, 7) is 5.26. The van der Waals surface area contributed by atoms with Gasteiger partial charge in [-0.2, -0.15) is 0 Å². The SMILES string of the molecule is COc1cc(-c2cccc(N)n2)c(OC)cc1CN1CCCN(Cc2cc(OC)c(-c3cccc(N)n3)cc2OC)CC1. The first-order valence-electron chi connectivity index (χ1n) is 14.3. The van der Waals surface area contributed by atoms with E-state index in [1.54, 1.807) is 40.6 Å². The van der Waals surface area contributed by atoms with Gasteiger partial charge in [0.2, 0.25) is 0 Å². The number of nitrogen functional groups attached to an aromatic ring is 2. The summed E-state index contributed by atoms with van der Waals surface area (Å²) in [5.74, 6) is 4.00. The van der Waals surface area contributed by atoms with Crippen LogP contribution in [0.15, 0.2) is 60.7 Å². The maximum atomic E-state index is 5.94. The fourth-order valence-electron chi connectivity index (χ4n) is 5.59. The van der Waals surface area contributed by atoms with Crippen LogP contribution in [0.1, 0.15) is 17.5 Å². The number of pyridine rings is 2. The summed E-state index contributed by atoms with van der Waals surface area (Å²) in [4.78, 5) is 13.9. The molecule has 4 aromatic rings. The molecule has 4 N–H and O–H groups in total. The molecule has 1 aliphatic heterocycles. The highest BCUT2D eigenvalue weighted by molar-refractivity contribution is 5.72. The number of methoxy groups -OCH3 is 4. The van der Waals surface area contributed by atoms with E-state index in [-0.39, 0.29) is 0 Å². The molecule has 1 aliphatic rings. The molecule has 0 spiro atoms. The molecule has 0 atom stereocenters. The second-order valence-corrected chi connectivity index (χ2v) is 10.5. The monoisotopic (exact) mass is 584 g/mol. The van der Waals surface area contributed by atoms with E-state index in [0.717, 1.165) is 102 Å². The van der Waals surface area contributed by atoms with E-state index in [1.807, 2.05) is 36.4 Å². The third-order valence-electron chi connectivity index (χ3n) is 7.77. The number of nitrogens with two attached hydrogens (primary N) is 2. The fourth-order valence-corrected chi connectivity index (χ4v) is 5.59. The Morgan fingerprint density at radius 3 is 1.37 bits per heavy atom. The van der Waals surface area contributed by atoms with Gasteiger partial charge in [-0.15, -0.1) is 0 Å². The lowest BCUT2D eigenvalue weighted by Gasteiger charge is -2.24. The quantitative estimate of drug-likeness (QED) is 0.271. The van der Waals surface area contributed by atoms with Crippen LogP contribution < -0.4 is 30.4 Å². The van der Waals surface area contributed by atoms with E-state index in [9.17, 15) is 0 Å². The minimum Gasteiger partial charge on any atom is -0.496 e. The Balaban J connectivity index is 1.31. The van der Waals surface area contributed by atoms with Gasteiger partial charge in [0, 0.05) is 48.4 Å². The van der Waals surface area contributed by atoms with Crippen LogP contribution in [0.25, 0.3) is 22.5 Å². The molecule has 1 saturated heterocycles. The van der Waals surface area contributed by atoms with Crippen molar-refractivity contribution in [3.05, 3.63) is 71.8 Å². The first-order valence-corrected chi connectivity index (χ1v) is 14.3. The number of benzene rings is 2. The van der Waals surface area contributed by atoms with Gasteiger partial charge < -0.3 is 30.4 Å². The molecule has 0 radical (unpaired) electrons. The van der Waals surface area contributed by atoms with E-state index in [0.29, 0.717) is 11.6 Å². The average Bonchev–Trinajstić information content (AvgIpc) is 3.25. The molecule has 2 aromatic heterocycles. The van der Waals surface area contributed by atoms with E-state index >= 15 is 0 Å². The molecule has 0 bridgehead atoms. The Morgan fingerprint density at radius 1 is 0.581 bits per heavy atom. The Labute approximate surface area is 253 Å².